The van der Waals surface area contributed by atoms with Gasteiger partial charge in [-0.15, -0.1) is 0 Å². The van der Waals surface area contributed by atoms with Gasteiger partial charge in [0.05, 0.1) is 6.61 Å². The third-order valence-electron chi connectivity index (χ3n) is 1.28. The van der Waals surface area contributed by atoms with Gasteiger partial charge < -0.3 is 19.3 Å². The fourth-order valence-electron chi connectivity index (χ4n) is 0.545. The Bertz CT molecular complexity index is 211. The normalized spacial score (nSPS) is 14.1. The maximum absolute atomic E-state index is 11.3. The van der Waals surface area contributed by atoms with E-state index in [9.17, 15) is 9.36 Å². The van der Waals surface area contributed by atoms with E-state index in [1.807, 2.05) is 5.09 Å². The first-order chi connectivity index (χ1) is 5.99. The molecular weight excluding hydrogens is 201 g/mol. The Morgan fingerprint density at radius 2 is 2.00 bits per heavy atom. The van der Waals surface area contributed by atoms with Gasteiger partial charge in [0.2, 0.25) is 0 Å². The molecule has 0 aromatic carbocycles. The summed E-state index contributed by atoms with van der Waals surface area (Å²) in [6.07, 6.45) is 0. The van der Waals surface area contributed by atoms with E-state index in [-0.39, 0.29) is 0 Å². The van der Waals surface area contributed by atoms with Crippen molar-refractivity contribution in [2.24, 2.45) is 0 Å². The Kier molecular flexibility index (Phi) is 5.12. The van der Waals surface area contributed by atoms with Crippen LogP contribution in [0.2, 0.25) is 0 Å². The van der Waals surface area contributed by atoms with Crippen LogP contribution in [0.3, 0.4) is 0 Å². The molecule has 3 N–H and O–H groups in total. The number of hydrogen-bond donors (Lipinski definition) is 3. The zero-order valence-electron chi connectivity index (χ0n) is 7.26. The Balaban J connectivity index is 4.37. The first-order valence-electron chi connectivity index (χ1n) is 3.32. The average Bonchev–Trinajstić information content (AvgIpc) is 2.13. The molecule has 0 heterocycles. The Morgan fingerprint density at radius 3 is 2.23 bits per heavy atom. The van der Waals surface area contributed by atoms with Gasteiger partial charge in [0.15, 0.2) is 0 Å². The zero-order chi connectivity index (χ0) is 10.5. The fourth-order valence-corrected chi connectivity index (χ4v) is 1.48. The average molecular weight is 213 g/mol. The highest BCUT2D eigenvalue weighted by atomic mass is 31.2. The first-order valence-corrected chi connectivity index (χ1v) is 4.86. The minimum atomic E-state index is -3.60. The standard InChI is InChI=1S/C5H12NO6P/c1-11-13(10,12-2)6-4(3-7)5(8)9/h4,7H,3H2,1-2H3,(H,6,10)(H,8,9). The van der Waals surface area contributed by atoms with Crippen molar-refractivity contribution < 1.29 is 28.6 Å². The van der Waals surface area contributed by atoms with Gasteiger partial charge in [0.1, 0.15) is 6.04 Å². The van der Waals surface area contributed by atoms with E-state index >= 15 is 0 Å². The van der Waals surface area contributed by atoms with Crippen LogP contribution in [0, 0.1) is 0 Å². The zero-order valence-corrected chi connectivity index (χ0v) is 8.15. The van der Waals surface area contributed by atoms with E-state index in [0.717, 1.165) is 14.2 Å². The van der Waals surface area contributed by atoms with Gasteiger partial charge in [-0.05, 0) is 0 Å². The van der Waals surface area contributed by atoms with Crippen molar-refractivity contribution in [2.75, 3.05) is 20.8 Å². The molecule has 7 nitrogen and oxygen atoms in total. The number of nitrogens with one attached hydrogen (secondary N) is 1. The molecule has 0 fully saturated rings. The third-order valence-corrected chi connectivity index (χ3v) is 2.86. The second-order valence-electron chi connectivity index (χ2n) is 2.07. The molecule has 0 aliphatic carbocycles. The number of aliphatic hydroxyl groups is 1. The third kappa shape index (κ3) is 3.84. The quantitative estimate of drug-likeness (QED) is 0.507. The second-order valence-corrected chi connectivity index (χ2v) is 4.05. The minimum Gasteiger partial charge on any atom is -0.480 e. The summed E-state index contributed by atoms with van der Waals surface area (Å²) in [5.41, 5.74) is 0. The number of hydrogen-bond acceptors (Lipinski definition) is 5. The largest absolute Gasteiger partial charge is 0.480 e. The molecule has 0 bridgehead atoms. The summed E-state index contributed by atoms with van der Waals surface area (Å²) in [5, 5.41) is 19.1. The molecule has 1 atom stereocenters. The van der Waals surface area contributed by atoms with Crippen molar-refractivity contribution in [3.8, 4) is 0 Å². The molecule has 8 heteroatoms. The molecular formula is C5H12NO6P. The van der Waals surface area contributed by atoms with Gasteiger partial charge in [-0.2, -0.15) is 0 Å². The van der Waals surface area contributed by atoms with Crippen LogP contribution in [0.15, 0.2) is 0 Å². The molecule has 0 rings (SSSR count). The Hall–Kier alpha value is -0.460. The lowest BCUT2D eigenvalue weighted by atomic mass is 10.3. The van der Waals surface area contributed by atoms with Crippen molar-refractivity contribution >= 4 is 13.7 Å². The summed E-state index contributed by atoms with van der Waals surface area (Å²) < 4.78 is 20.1. The van der Waals surface area contributed by atoms with E-state index in [1.54, 1.807) is 0 Å². The number of aliphatic hydroxyl groups excluding tert-OH is 1. The highest BCUT2D eigenvalue weighted by Gasteiger charge is 2.29. The number of rotatable bonds is 6. The van der Waals surface area contributed by atoms with Crippen LogP contribution < -0.4 is 5.09 Å². The molecule has 0 amide bonds. The summed E-state index contributed by atoms with van der Waals surface area (Å²) in [6, 6.07) is -1.37. The van der Waals surface area contributed by atoms with Crippen LogP contribution in [0.1, 0.15) is 0 Å². The summed E-state index contributed by atoms with van der Waals surface area (Å²) >= 11 is 0. The number of carboxylic acid groups (broad SMARTS) is 1. The highest BCUT2D eigenvalue weighted by Crippen LogP contribution is 2.41. The van der Waals surface area contributed by atoms with E-state index in [1.165, 1.54) is 0 Å². The van der Waals surface area contributed by atoms with E-state index in [0.29, 0.717) is 0 Å². The molecule has 78 valence electrons. The summed E-state index contributed by atoms with van der Waals surface area (Å²) in [4.78, 5) is 10.4. The number of carbonyl (C=O) groups is 1. The van der Waals surface area contributed by atoms with Gasteiger partial charge in [0.25, 0.3) is 0 Å². The van der Waals surface area contributed by atoms with Crippen LogP contribution in [0.4, 0.5) is 0 Å². The summed E-state index contributed by atoms with van der Waals surface area (Å²) in [5.74, 6) is -1.34. The number of carboxylic acids is 1. The molecule has 0 aliphatic heterocycles. The van der Waals surface area contributed by atoms with Crippen LogP contribution in [-0.2, 0) is 18.4 Å². The van der Waals surface area contributed by atoms with Gasteiger partial charge in [0, 0.05) is 14.2 Å². The smallest absolute Gasteiger partial charge is 0.405 e. The molecule has 0 spiro atoms. The fraction of sp³-hybridized carbons (Fsp3) is 0.800. The van der Waals surface area contributed by atoms with Gasteiger partial charge in [-0.25, -0.2) is 9.65 Å². The maximum Gasteiger partial charge on any atom is 0.405 e. The van der Waals surface area contributed by atoms with Crippen molar-refractivity contribution in [2.45, 2.75) is 6.04 Å². The molecule has 13 heavy (non-hydrogen) atoms. The predicted octanol–water partition coefficient (Wildman–Crippen LogP) is -0.578. The van der Waals surface area contributed by atoms with Crippen molar-refractivity contribution in [3.05, 3.63) is 0 Å². The Labute approximate surface area is 75.2 Å². The van der Waals surface area contributed by atoms with Crippen LogP contribution in [0.5, 0.6) is 0 Å². The van der Waals surface area contributed by atoms with Crippen molar-refractivity contribution in [3.63, 3.8) is 0 Å². The van der Waals surface area contributed by atoms with Gasteiger partial charge >= 0.3 is 13.7 Å². The molecule has 0 saturated carbocycles. The highest BCUT2D eigenvalue weighted by molar-refractivity contribution is 7.51. The van der Waals surface area contributed by atoms with Gasteiger partial charge in [-0.1, -0.05) is 0 Å². The van der Waals surface area contributed by atoms with E-state index in [2.05, 4.69) is 9.05 Å². The maximum atomic E-state index is 11.3. The Morgan fingerprint density at radius 1 is 1.54 bits per heavy atom. The molecule has 0 aliphatic rings. The number of aliphatic carboxylic acids is 1. The van der Waals surface area contributed by atoms with Gasteiger partial charge in [-0.3, -0.25) is 4.79 Å². The topological polar surface area (TPSA) is 105 Å². The summed E-state index contributed by atoms with van der Waals surface area (Å²) in [6.45, 7) is -0.702. The molecule has 1 unspecified atom stereocenters. The van der Waals surface area contributed by atoms with E-state index < -0.39 is 26.4 Å². The molecule has 0 radical (unpaired) electrons. The second kappa shape index (κ2) is 5.31. The molecule has 0 aromatic rings. The first kappa shape index (κ1) is 12.5. The van der Waals surface area contributed by atoms with Crippen LogP contribution >= 0.6 is 7.75 Å². The lowest BCUT2D eigenvalue weighted by molar-refractivity contribution is -0.140. The summed E-state index contributed by atoms with van der Waals surface area (Å²) in [7, 11) is -1.39. The minimum absolute atomic E-state index is 0.702. The van der Waals surface area contributed by atoms with Crippen LogP contribution in [-0.4, -0.2) is 43.1 Å². The van der Waals surface area contributed by atoms with Crippen LogP contribution in [0.25, 0.3) is 0 Å². The van der Waals surface area contributed by atoms with Crippen molar-refractivity contribution in [1.82, 2.24) is 5.09 Å². The van der Waals surface area contributed by atoms with Crippen molar-refractivity contribution in [1.29, 1.82) is 0 Å². The monoisotopic (exact) mass is 213 g/mol. The predicted molar refractivity (Wildman–Crippen MR) is 43.3 cm³/mol. The SMILES string of the molecule is COP(=O)(NC(CO)C(=O)O)OC. The molecule has 0 saturated heterocycles. The lowest BCUT2D eigenvalue weighted by Gasteiger charge is -2.18. The lowest BCUT2D eigenvalue weighted by Crippen LogP contribution is -2.38. The molecule has 0 aromatic heterocycles. The van der Waals surface area contributed by atoms with E-state index in [4.69, 9.17) is 10.2 Å².